The van der Waals surface area contributed by atoms with E-state index in [4.69, 9.17) is 17.3 Å². The van der Waals surface area contributed by atoms with Crippen LogP contribution in [0, 0.1) is 5.41 Å². The Balaban J connectivity index is 3.02. The average molecular weight is 298 g/mol. The second-order valence-corrected chi connectivity index (χ2v) is 5.84. The number of amides is 2. The molecule has 0 saturated heterocycles. The first-order chi connectivity index (χ1) is 9.19. The van der Waals surface area contributed by atoms with Gasteiger partial charge in [0.25, 0.3) is 5.91 Å². The molecular formula is C14H20ClN3O2. The van der Waals surface area contributed by atoms with Gasteiger partial charge in [-0.1, -0.05) is 11.6 Å². The van der Waals surface area contributed by atoms with E-state index < -0.39 is 5.41 Å². The van der Waals surface area contributed by atoms with Gasteiger partial charge in [0.2, 0.25) is 5.91 Å². The number of nitrogens with one attached hydrogen (secondary N) is 1. The number of hydrogen-bond donors (Lipinski definition) is 2. The van der Waals surface area contributed by atoms with Crippen molar-refractivity contribution in [1.82, 2.24) is 4.90 Å². The van der Waals surface area contributed by atoms with Crippen molar-refractivity contribution in [3.05, 3.63) is 28.8 Å². The molecule has 0 radical (unpaired) electrons. The largest absolute Gasteiger partial charge is 0.345 e. The molecule has 5 nitrogen and oxygen atoms in total. The molecule has 0 fully saturated rings. The highest BCUT2D eigenvalue weighted by Crippen LogP contribution is 2.23. The van der Waals surface area contributed by atoms with Crippen LogP contribution in [0.3, 0.4) is 0 Å². The molecule has 3 N–H and O–H groups in total. The highest BCUT2D eigenvalue weighted by Gasteiger charge is 2.26. The first-order valence-corrected chi connectivity index (χ1v) is 6.59. The van der Waals surface area contributed by atoms with E-state index in [-0.39, 0.29) is 18.4 Å². The number of carbonyl (C=O) groups excluding carboxylic acids is 2. The van der Waals surface area contributed by atoms with Crippen molar-refractivity contribution in [2.75, 3.05) is 26.0 Å². The van der Waals surface area contributed by atoms with Crippen LogP contribution in [-0.4, -0.2) is 37.4 Å². The van der Waals surface area contributed by atoms with Crippen LogP contribution in [0.1, 0.15) is 24.2 Å². The number of rotatable bonds is 4. The fourth-order valence-electron chi connectivity index (χ4n) is 1.40. The average Bonchev–Trinajstić information content (AvgIpc) is 2.39. The summed E-state index contributed by atoms with van der Waals surface area (Å²) in [5, 5.41) is 3.09. The van der Waals surface area contributed by atoms with Gasteiger partial charge in [-0.25, -0.2) is 0 Å². The zero-order valence-corrected chi connectivity index (χ0v) is 12.9. The summed E-state index contributed by atoms with van der Waals surface area (Å²) in [4.78, 5) is 25.4. The minimum Gasteiger partial charge on any atom is -0.345 e. The van der Waals surface area contributed by atoms with Gasteiger partial charge in [-0.2, -0.15) is 0 Å². The molecule has 2 amide bonds. The maximum Gasteiger partial charge on any atom is 0.254 e. The monoisotopic (exact) mass is 297 g/mol. The van der Waals surface area contributed by atoms with E-state index in [0.29, 0.717) is 16.3 Å². The van der Waals surface area contributed by atoms with E-state index in [9.17, 15) is 9.59 Å². The maximum atomic E-state index is 12.0. The third-order valence-corrected chi connectivity index (χ3v) is 3.32. The third-order valence-electron chi connectivity index (χ3n) is 2.99. The molecule has 1 aromatic rings. The standard InChI is InChI=1S/C14H20ClN3O2/c1-14(2,8-16)13(20)17-9-5-6-11(15)10(7-9)12(19)18(3)4/h5-7H,8,16H2,1-4H3,(H,17,20). The molecule has 1 rings (SSSR count). The molecule has 0 heterocycles. The topological polar surface area (TPSA) is 75.4 Å². The molecule has 6 heteroatoms. The van der Waals surface area contributed by atoms with Crippen LogP contribution in [0.5, 0.6) is 0 Å². The number of hydrogen-bond acceptors (Lipinski definition) is 3. The van der Waals surface area contributed by atoms with Crippen LogP contribution in [-0.2, 0) is 4.79 Å². The molecule has 1 aromatic carbocycles. The van der Waals surface area contributed by atoms with E-state index in [1.54, 1.807) is 46.1 Å². The Labute approximate surface area is 124 Å². The van der Waals surface area contributed by atoms with Crippen LogP contribution in [0.25, 0.3) is 0 Å². The Bertz CT molecular complexity index is 527. The zero-order valence-electron chi connectivity index (χ0n) is 12.2. The van der Waals surface area contributed by atoms with Crippen LogP contribution in [0.15, 0.2) is 18.2 Å². The molecule has 0 spiro atoms. The Morgan fingerprint density at radius 1 is 1.35 bits per heavy atom. The lowest BCUT2D eigenvalue weighted by molar-refractivity contribution is -0.123. The Morgan fingerprint density at radius 2 is 1.95 bits per heavy atom. The predicted molar refractivity (Wildman–Crippen MR) is 80.9 cm³/mol. The maximum absolute atomic E-state index is 12.0. The van der Waals surface area contributed by atoms with Crippen molar-refractivity contribution in [3.8, 4) is 0 Å². The van der Waals surface area contributed by atoms with Gasteiger partial charge in [0, 0.05) is 26.3 Å². The SMILES string of the molecule is CN(C)C(=O)c1cc(NC(=O)C(C)(C)CN)ccc1Cl. The second kappa shape index (κ2) is 6.24. The number of carbonyl (C=O) groups is 2. The minimum absolute atomic E-state index is 0.203. The summed E-state index contributed by atoms with van der Waals surface area (Å²) in [5.41, 5.74) is 5.75. The van der Waals surface area contributed by atoms with E-state index in [1.165, 1.54) is 4.90 Å². The first kappa shape index (κ1) is 16.5. The molecule has 0 aliphatic carbocycles. The minimum atomic E-state index is -0.675. The first-order valence-electron chi connectivity index (χ1n) is 6.22. The Kier molecular flexibility index (Phi) is 5.14. The molecule has 0 atom stereocenters. The Morgan fingerprint density at radius 3 is 2.45 bits per heavy atom. The lowest BCUT2D eigenvalue weighted by Gasteiger charge is -2.21. The zero-order chi connectivity index (χ0) is 15.5. The lowest BCUT2D eigenvalue weighted by Crippen LogP contribution is -2.37. The normalized spacial score (nSPS) is 11.1. The van der Waals surface area contributed by atoms with E-state index in [1.807, 2.05) is 0 Å². The van der Waals surface area contributed by atoms with Gasteiger partial charge in [-0.15, -0.1) is 0 Å². The molecule has 110 valence electrons. The third kappa shape index (κ3) is 3.71. The Hall–Kier alpha value is -1.59. The van der Waals surface area contributed by atoms with Crippen LogP contribution < -0.4 is 11.1 Å². The summed E-state index contributed by atoms with van der Waals surface area (Å²) in [7, 11) is 3.28. The molecule has 0 saturated carbocycles. The van der Waals surface area contributed by atoms with Crippen molar-refractivity contribution in [3.63, 3.8) is 0 Å². The summed E-state index contributed by atoms with van der Waals surface area (Å²) in [6.07, 6.45) is 0. The van der Waals surface area contributed by atoms with Crippen molar-refractivity contribution in [2.45, 2.75) is 13.8 Å². The number of anilines is 1. The van der Waals surface area contributed by atoms with Gasteiger partial charge in [0.05, 0.1) is 16.0 Å². The molecule has 0 aromatic heterocycles. The molecule has 20 heavy (non-hydrogen) atoms. The van der Waals surface area contributed by atoms with Gasteiger partial charge in [-0.3, -0.25) is 9.59 Å². The van der Waals surface area contributed by atoms with Gasteiger partial charge < -0.3 is 16.0 Å². The van der Waals surface area contributed by atoms with Crippen molar-refractivity contribution < 1.29 is 9.59 Å². The molecule has 0 unspecified atom stereocenters. The molecule has 0 aliphatic heterocycles. The highest BCUT2D eigenvalue weighted by molar-refractivity contribution is 6.34. The van der Waals surface area contributed by atoms with Crippen molar-refractivity contribution in [1.29, 1.82) is 0 Å². The number of benzene rings is 1. The number of nitrogens with two attached hydrogens (primary N) is 1. The molecule has 0 aliphatic rings. The van der Waals surface area contributed by atoms with Crippen molar-refractivity contribution in [2.24, 2.45) is 11.1 Å². The van der Waals surface area contributed by atoms with Crippen LogP contribution in [0.4, 0.5) is 5.69 Å². The summed E-state index contributed by atoms with van der Waals surface area (Å²) in [5.74, 6) is -0.422. The predicted octanol–water partition coefficient (Wildman–Crippen LogP) is 1.97. The smallest absolute Gasteiger partial charge is 0.254 e. The van der Waals surface area contributed by atoms with Crippen LogP contribution >= 0.6 is 11.6 Å². The summed E-state index contributed by atoms with van der Waals surface area (Å²) in [6, 6.07) is 4.80. The summed E-state index contributed by atoms with van der Waals surface area (Å²) < 4.78 is 0. The van der Waals surface area contributed by atoms with Gasteiger partial charge in [0.1, 0.15) is 0 Å². The summed E-state index contributed by atoms with van der Waals surface area (Å²) in [6.45, 7) is 3.74. The van der Waals surface area contributed by atoms with Gasteiger partial charge in [-0.05, 0) is 32.0 Å². The molecular weight excluding hydrogens is 278 g/mol. The fraction of sp³-hybridized carbons (Fsp3) is 0.429. The quantitative estimate of drug-likeness (QED) is 0.892. The fourth-order valence-corrected chi connectivity index (χ4v) is 1.60. The van der Waals surface area contributed by atoms with E-state index in [2.05, 4.69) is 5.32 Å². The van der Waals surface area contributed by atoms with E-state index in [0.717, 1.165) is 0 Å². The number of nitrogens with zero attached hydrogens (tertiary/aromatic N) is 1. The highest BCUT2D eigenvalue weighted by atomic mass is 35.5. The van der Waals surface area contributed by atoms with Gasteiger partial charge in [0.15, 0.2) is 0 Å². The van der Waals surface area contributed by atoms with Crippen molar-refractivity contribution >= 4 is 29.1 Å². The summed E-state index contributed by atoms with van der Waals surface area (Å²) >= 11 is 6.01. The number of halogens is 1. The van der Waals surface area contributed by atoms with E-state index >= 15 is 0 Å². The second-order valence-electron chi connectivity index (χ2n) is 5.44. The molecule has 0 bridgehead atoms. The van der Waals surface area contributed by atoms with Gasteiger partial charge >= 0.3 is 0 Å². The van der Waals surface area contributed by atoms with Crippen LogP contribution in [0.2, 0.25) is 5.02 Å². The lowest BCUT2D eigenvalue weighted by atomic mass is 9.92.